The molecule has 0 aromatic heterocycles. The van der Waals surface area contributed by atoms with Crippen LogP contribution in [-0.2, 0) is 4.79 Å². The fraction of sp³-hybridized carbons (Fsp3) is 0.667. The number of allylic oxidation sites excluding steroid dienone is 3. The van der Waals surface area contributed by atoms with E-state index in [9.17, 15) is 4.79 Å². The van der Waals surface area contributed by atoms with Crippen molar-refractivity contribution in [2.75, 3.05) is 0 Å². The first kappa shape index (κ1) is 31.2. The lowest BCUT2D eigenvalue weighted by molar-refractivity contribution is -0.114. The van der Waals surface area contributed by atoms with Crippen LogP contribution in [0.4, 0.5) is 0 Å². The van der Waals surface area contributed by atoms with Crippen LogP contribution in [0.5, 0.6) is 0 Å². The molecule has 20 heavy (non-hydrogen) atoms. The van der Waals surface area contributed by atoms with Crippen LogP contribution in [0.15, 0.2) is 24.3 Å². The van der Waals surface area contributed by atoms with Gasteiger partial charge in [-0.2, -0.15) is 5.26 Å². The summed E-state index contributed by atoms with van der Waals surface area (Å²) < 4.78 is 0. The fourth-order valence-corrected chi connectivity index (χ4v) is 0.705. The van der Waals surface area contributed by atoms with Gasteiger partial charge in [-0.15, -0.1) is 0 Å². The van der Waals surface area contributed by atoms with Gasteiger partial charge in [-0.1, -0.05) is 87.5 Å². The molecule has 0 heterocycles. The number of hydrogen-bond acceptors (Lipinski definition) is 2. The summed E-state index contributed by atoms with van der Waals surface area (Å²) >= 11 is 0. The van der Waals surface area contributed by atoms with Gasteiger partial charge in [0.25, 0.3) is 0 Å². The summed E-state index contributed by atoms with van der Waals surface area (Å²) in [4.78, 5) is 11.0. The van der Waals surface area contributed by atoms with Crippen LogP contribution in [0.3, 0.4) is 0 Å². The number of carbonyl (C=O) groups excluding carboxylic acids is 1. The van der Waals surface area contributed by atoms with Crippen molar-refractivity contribution in [1.29, 1.82) is 5.26 Å². The Morgan fingerprint density at radius 1 is 1.05 bits per heavy atom. The molecule has 0 atom stereocenters. The SMILES string of the molecule is C=C/C(=C\CC)C(=O)CC#N.CC.CC.CC.CCC. The van der Waals surface area contributed by atoms with Gasteiger partial charge in [-0.25, -0.2) is 0 Å². The summed E-state index contributed by atoms with van der Waals surface area (Å²) in [7, 11) is 0. The van der Waals surface area contributed by atoms with Crippen LogP contribution < -0.4 is 0 Å². The van der Waals surface area contributed by atoms with Gasteiger partial charge in [0.05, 0.1) is 12.5 Å². The molecule has 120 valence electrons. The Balaban J connectivity index is -0.0000000698. The van der Waals surface area contributed by atoms with Crippen molar-refractivity contribution in [3.63, 3.8) is 0 Å². The molecule has 2 nitrogen and oxygen atoms in total. The molecule has 0 aliphatic carbocycles. The van der Waals surface area contributed by atoms with E-state index in [0.29, 0.717) is 5.57 Å². The minimum absolute atomic E-state index is 0.0577. The van der Waals surface area contributed by atoms with Crippen molar-refractivity contribution < 1.29 is 4.79 Å². The second kappa shape index (κ2) is 43.1. The molecule has 0 fully saturated rings. The van der Waals surface area contributed by atoms with E-state index in [0.717, 1.165) is 6.42 Å². The van der Waals surface area contributed by atoms with E-state index in [2.05, 4.69) is 20.4 Å². The third-order valence-electron chi connectivity index (χ3n) is 1.21. The highest BCUT2D eigenvalue weighted by Gasteiger charge is 2.02. The maximum atomic E-state index is 11.0. The normalized spacial score (nSPS) is 7.50. The van der Waals surface area contributed by atoms with E-state index < -0.39 is 0 Å². The van der Waals surface area contributed by atoms with E-state index in [1.807, 2.05) is 48.5 Å². The van der Waals surface area contributed by atoms with Crippen molar-refractivity contribution in [3.8, 4) is 6.07 Å². The Bertz CT molecular complexity index is 234. The third kappa shape index (κ3) is 36.0. The number of Topliss-reactive ketones (excluding diaryl/α,β-unsaturated/α-hetero) is 1. The first-order valence-corrected chi connectivity index (χ1v) is 7.90. The second-order valence-corrected chi connectivity index (χ2v) is 2.74. The molecule has 0 aromatic carbocycles. The quantitative estimate of drug-likeness (QED) is 0.437. The summed E-state index contributed by atoms with van der Waals surface area (Å²) in [5.41, 5.74) is 0.550. The smallest absolute Gasteiger partial charge is 0.176 e. The van der Waals surface area contributed by atoms with Crippen LogP contribution in [-0.4, -0.2) is 5.78 Å². The van der Waals surface area contributed by atoms with Crippen molar-refractivity contribution in [2.45, 2.75) is 81.6 Å². The predicted octanol–water partition coefficient (Wildman–Crippen LogP) is 6.49. The molecule has 0 saturated carbocycles. The Morgan fingerprint density at radius 2 is 1.40 bits per heavy atom. The van der Waals surface area contributed by atoms with Gasteiger partial charge in [-0.05, 0) is 6.42 Å². The Morgan fingerprint density at radius 3 is 1.60 bits per heavy atom. The van der Waals surface area contributed by atoms with E-state index in [1.165, 1.54) is 12.5 Å². The van der Waals surface area contributed by atoms with Gasteiger partial charge in [0.2, 0.25) is 0 Å². The van der Waals surface area contributed by atoms with Gasteiger partial charge < -0.3 is 0 Å². The number of nitrogens with zero attached hydrogens (tertiary/aromatic N) is 1. The number of nitriles is 1. The molecule has 0 bridgehead atoms. The molecule has 0 spiro atoms. The van der Waals surface area contributed by atoms with Crippen molar-refractivity contribution in [2.24, 2.45) is 0 Å². The average molecular weight is 284 g/mol. The van der Waals surface area contributed by atoms with Gasteiger partial charge in [0.15, 0.2) is 5.78 Å². The molecular weight excluding hydrogens is 246 g/mol. The summed E-state index contributed by atoms with van der Waals surface area (Å²) in [6.07, 6.45) is 5.24. The Kier molecular flexibility index (Phi) is 67.3. The first-order chi connectivity index (χ1) is 9.67. The van der Waals surface area contributed by atoms with E-state index in [-0.39, 0.29) is 12.2 Å². The minimum atomic E-state index is -0.149. The van der Waals surface area contributed by atoms with Gasteiger partial charge >= 0.3 is 0 Å². The van der Waals surface area contributed by atoms with E-state index >= 15 is 0 Å². The molecule has 0 unspecified atom stereocenters. The zero-order chi connectivity index (χ0) is 17.4. The summed E-state index contributed by atoms with van der Waals surface area (Å²) in [5, 5.41) is 8.22. The van der Waals surface area contributed by atoms with Crippen LogP contribution in [0.1, 0.15) is 81.6 Å². The van der Waals surface area contributed by atoms with Gasteiger partial charge in [0.1, 0.15) is 0 Å². The third-order valence-corrected chi connectivity index (χ3v) is 1.21. The Labute approximate surface area is 128 Å². The van der Waals surface area contributed by atoms with Crippen LogP contribution in [0.25, 0.3) is 0 Å². The summed E-state index contributed by atoms with van der Waals surface area (Å²) in [6, 6.07) is 1.80. The van der Waals surface area contributed by atoms with Crippen molar-refractivity contribution in [1.82, 2.24) is 0 Å². The fourth-order valence-electron chi connectivity index (χ4n) is 0.705. The number of rotatable bonds is 4. The molecule has 0 rings (SSSR count). The molecule has 0 N–H and O–H groups in total. The van der Waals surface area contributed by atoms with Crippen molar-refractivity contribution >= 4 is 5.78 Å². The lowest BCUT2D eigenvalue weighted by atomic mass is 10.1. The lowest BCUT2D eigenvalue weighted by Crippen LogP contribution is -1.97. The maximum Gasteiger partial charge on any atom is 0.176 e. The second-order valence-electron chi connectivity index (χ2n) is 2.74. The zero-order valence-corrected chi connectivity index (χ0v) is 15.3. The molecule has 0 aromatic rings. The van der Waals surface area contributed by atoms with E-state index in [1.54, 1.807) is 12.1 Å². The average Bonchev–Trinajstić information content (AvgIpc) is 2.52. The van der Waals surface area contributed by atoms with Gasteiger partial charge in [-0.3, -0.25) is 4.79 Å². The largest absolute Gasteiger partial charge is 0.293 e. The highest BCUT2D eigenvalue weighted by atomic mass is 16.1. The summed E-state index contributed by atoms with van der Waals surface area (Å²) in [5.74, 6) is -0.149. The Hall–Kier alpha value is -1.36. The molecule has 0 aliphatic heterocycles. The number of ketones is 1. The zero-order valence-electron chi connectivity index (χ0n) is 15.3. The lowest BCUT2D eigenvalue weighted by Gasteiger charge is -1.93. The van der Waals surface area contributed by atoms with Crippen LogP contribution in [0, 0.1) is 11.3 Å². The topological polar surface area (TPSA) is 40.9 Å². The minimum Gasteiger partial charge on any atom is -0.293 e. The molecular formula is C18H37NO. The highest BCUT2D eigenvalue weighted by molar-refractivity contribution is 5.98. The molecule has 0 saturated heterocycles. The van der Waals surface area contributed by atoms with Crippen molar-refractivity contribution in [3.05, 3.63) is 24.3 Å². The summed E-state index contributed by atoms with van der Waals surface area (Å²) in [6.45, 7) is 21.7. The van der Waals surface area contributed by atoms with Crippen LogP contribution in [0.2, 0.25) is 0 Å². The monoisotopic (exact) mass is 283 g/mol. The number of carbonyl (C=O) groups is 1. The highest BCUT2D eigenvalue weighted by Crippen LogP contribution is 2.01. The maximum absolute atomic E-state index is 11.0. The van der Waals surface area contributed by atoms with E-state index in [4.69, 9.17) is 5.26 Å². The van der Waals surface area contributed by atoms with Gasteiger partial charge in [0, 0.05) is 5.57 Å². The molecule has 0 radical (unpaired) electrons. The standard InChI is InChI=1S/C9H11NO.C3H8.3C2H6/c1-3-5-8(4-2)9(11)6-7-10;1-3-2;3*1-2/h4-5H,2-3,6H2,1H3;3H2,1-2H3;3*1-2H3/b8-5+;;;;. The predicted molar refractivity (Wildman–Crippen MR) is 93.8 cm³/mol. The molecule has 0 aliphatic rings. The first-order valence-electron chi connectivity index (χ1n) is 7.90. The van der Waals surface area contributed by atoms with Crippen LogP contribution >= 0.6 is 0 Å². The molecule has 2 heteroatoms. The molecule has 0 amide bonds. The number of hydrogen-bond donors (Lipinski definition) is 0.